The number of hydrogen-bond acceptors (Lipinski definition) is 4. The van der Waals surface area contributed by atoms with Gasteiger partial charge >= 0.3 is 18.5 Å². The Kier molecular flexibility index (Phi) is 7.80. The van der Waals surface area contributed by atoms with E-state index in [1.807, 2.05) is 0 Å². The topological polar surface area (TPSA) is 72.2 Å². The number of nitro groups is 1. The quantitative estimate of drug-likeness (QED) is 0.192. The summed E-state index contributed by atoms with van der Waals surface area (Å²) in [5.41, 5.74) is -6.35. The average molecular weight is 520 g/mol. The molecule has 0 fully saturated rings. The van der Waals surface area contributed by atoms with Crippen molar-refractivity contribution < 1.29 is 49.2 Å². The lowest BCUT2D eigenvalue weighted by molar-refractivity contribution is -0.388. The molecule has 0 bridgehead atoms. The van der Waals surface area contributed by atoms with Gasteiger partial charge in [0.25, 0.3) is 5.69 Å². The fraction of sp³-hybridized carbons (Fsp3) is 0.316. The van der Waals surface area contributed by atoms with E-state index in [1.165, 1.54) is 6.92 Å². The first-order valence-electron chi connectivity index (χ1n) is 8.98. The van der Waals surface area contributed by atoms with E-state index in [1.54, 1.807) is 0 Å². The molecule has 1 unspecified atom stereocenters. The van der Waals surface area contributed by atoms with Crippen molar-refractivity contribution in [3.8, 4) is 0 Å². The zero-order valence-electron chi connectivity index (χ0n) is 16.7. The van der Waals surface area contributed by atoms with Crippen molar-refractivity contribution in [1.82, 2.24) is 0 Å². The fourth-order valence-corrected chi connectivity index (χ4v) is 3.59. The zero-order chi connectivity index (χ0) is 26.1. The molecule has 1 N–H and O–H groups in total. The summed E-state index contributed by atoms with van der Waals surface area (Å²) in [6.45, 7) is 1.25. The Morgan fingerprint density at radius 1 is 0.941 bits per heavy atom. The molecule has 0 spiro atoms. The Hall–Kier alpha value is -2.97. The summed E-state index contributed by atoms with van der Waals surface area (Å²) in [6.07, 6.45) is -15.2. The second-order valence-corrected chi connectivity index (χ2v) is 8.02. The Balaban J connectivity index is 2.18. The van der Waals surface area contributed by atoms with Crippen LogP contribution < -0.4 is 5.32 Å². The minimum Gasteiger partial charge on any atom is -0.326 e. The van der Waals surface area contributed by atoms with E-state index in [-0.39, 0.29) is 11.8 Å². The highest BCUT2D eigenvalue weighted by Gasteiger charge is 2.39. The van der Waals surface area contributed by atoms with Gasteiger partial charge in [0.05, 0.1) is 16.1 Å². The molecule has 15 heteroatoms. The number of hydrogen-bond donors (Lipinski definition) is 1. The number of nitrogens with one attached hydrogen (secondary N) is 1. The van der Waals surface area contributed by atoms with Crippen molar-refractivity contribution >= 4 is 29.0 Å². The molecule has 0 saturated carbocycles. The Labute approximate surface area is 189 Å². The number of amides is 1. The number of nitro benzene ring substituents is 1. The van der Waals surface area contributed by atoms with Gasteiger partial charge in [0.2, 0.25) is 5.91 Å². The lowest BCUT2D eigenvalue weighted by Crippen LogP contribution is -2.22. The number of carbonyl (C=O) groups excluding carboxylic acids is 1. The molecule has 0 aliphatic rings. The SMILES string of the molecule is CC(CSc1cc(C(F)(F)F)cc(C(F)(F)F)c1)C(=O)Nc1ccc([N+](=O)[O-])c(C(F)(F)F)c1. The molecule has 1 amide bonds. The maximum atomic E-state index is 13.0. The van der Waals surface area contributed by atoms with Crippen molar-refractivity contribution in [1.29, 1.82) is 0 Å². The highest BCUT2D eigenvalue weighted by atomic mass is 32.2. The maximum absolute atomic E-state index is 13.0. The summed E-state index contributed by atoms with van der Waals surface area (Å²) in [4.78, 5) is 21.4. The number of thioether (sulfide) groups is 1. The maximum Gasteiger partial charge on any atom is 0.423 e. The summed E-state index contributed by atoms with van der Waals surface area (Å²) >= 11 is 0.512. The van der Waals surface area contributed by atoms with Crippen LogP contribution in [0, 0.1) is 16.0 Å². The molecule has 5 nitrogen and oxygen atoms in total. The Morgan fingerprint density at radius 3 is 1.91 bits per heavy atom. The standard InChI is InChI=1S/C19H13F9N2O3S/c1-9(8-34-13-5-10(17(20,21)22)4-11(6-13)18(23,24)25)16(31)29-12-2-3-15(30(32)33)14(7-12)19(26,27)28/h2-7,9H,8H2,1H3,(H,29,31). The zero-order valence-corrected chi connectivity index (χ0v) is 17.5. The molecule has 0 aliphatic carbocycles. The number of carbonyl (C=O) groups is 1. The van der Waals surface area contributed by atoms with Gasteiger partial charge in [-0.3, -0.25) is 14.9 Å². The molecule has 0 radical (unpaired) electrons. The minimum atomic E-state index is -5.09. The van der Waals surface area contributed by atoms with Crippen LogP contribution in [0.1, 0.15) is 23.6 Å². The predicted octanol–water partition coefficient (Wildman–Crippen LogP) is 7.02. The molecule has 1 atom stereocenters. The second-order valence-electron chi connectivity index (χ2n) is 6.93. The van der Waals surface area contributed by atoms with Crippen molar-refractivity contribution in [2.75, 3.05) is 11.1 Å². The van der Waals surface area contributed by atoms with Crippen LogP contribution in [-0.4, -0.2) is 16.6 Å². The van der Waals surface area contributed by atoms with Crippen LogP contribution in [0.4, 0.5) is 50.9 Å². The summed E-state index contributed by atoms with van der Waals surface area (Å²) < 4.78 is 117. The molecule has 0 aromatic heterocycles. The van der Waals surface area contributed by atoms with E-state index in [4.69, 9.17) is 0 Å². The molecule has 2 aromatic carbocycles. The number of anilines is 1. The van der Waals surface area contributed by atoms with E-state index in [2.05, 4.69) is 5.32 Å². The van der Waals surface area contributed by atoms with E-state index in [0.29, 0.717) is 36.0 Å². The second kappa shape index (κ2) is 9.72. The summed E-state index contributed by atoms with van der Waals surface area (Å²) in [7, 11) is 0. The lowest BCUT2D eigenvalue weighted by Gasteiger charge is -2.16. The fourth-order valence-electron chi connectivity index (χ4n) is 2.57. The van der Waals surface area contributed by atoms with Gasteiger partial charge in [0.15, 0.2) is 0 Å². The van der Waals surface area contributed by atoms with Crippen LogP contribution in [0.5, 0.6) is 0 Å². The van der Waals surface area contributed by atoms with Crippen molar-refractivity contribution in [3.63, 3.8) is 0 Å². The smallest absolute Gasteiger partial charge is 0.326 e. The van der Waals surface area contributed by atoms with Crippen LogP contribution in [0.3, 0.4) is 0 Å². The third-order valence-corrected chi connectivity index (χ3v) is 5.51. The number of benzene rings is 2. The predicted molar refractivity (Wildman–Crippen MR) is 103 cm³/mol. The number of alkyl halides is 9. The summed E-state index contributed by atoms with van der Waals surface area (Å²) in [5.74, 6) is -2.29. The molecule has 0 aliphatic heterocycles. The molecule has 186 valence electrons. The van der Waals surface area contributed by atoms with Gasteiger partial charge in [-0.25, -0.2) is 0 Å². The van der Waals surface area contributed by atoms with Crippen molar-refractivity contribution in [2.45, 2.75) is 30.3 Å². The van der Waals surface area contributed by atoms with Gasteiger partial charge in [0, 0.05) is 28.3 Å². The van der Waals surface area contributed by atoms with E-state index >= 15 is 0 Å². The van der Waals surface area contributed by atoms with Crippen molar-refractivity contribution in [2.24, 2.45) is 5.92 Å². The normalized spacial score (nSPS) is 13.5. The van der Waals surface area contributed by atoms with Gasteiger partial charge in [-0.2, -0.15) is 39.5 Å². The molecule has 2 aromatic rings. The first kappa shape index (κ1) is 27.3. The monoisotopic (exact) mass is 520 g/mol. The third kappa shape index (κ3) is 7.01. The molecule has 0 heterocycles. The molecular formula is C19H13F9N2O3S. The lowest BCUT2D eigenvalue weighted by atomic mass is 10.1. The molecule has 34 heavy (non-hydrogen) atoms. The molecule has 2 rings (SSSR count). The number of nitrogens with zero attached hydrogens (tertiary/aromatic N) is 1. The van der Waals surface area contributed by atoms with Gasteiger partial charge in [0.1, 0.15) is 5.56 Å². The van der Waals surface area contributed by atoms with Crippen LogP contribution in [-0.2, 0) is 23.3 Å². The number of rotatable bonds is 6. The average Bonchev–Trinajstić information content (AvgIpc) is 2.69. The molecular weight excluding hydrogens is 507 g/mol. The van der Waals surface area contributed by atoms with E-state index in [0.717, 1.165) is 6.07 Å². The Morgan fingerprint density at radius 2 is 1.47 bits per heavy atom. The Bertz CT molecular complexity index is 1050. The van der Waals surface area contributed by atoms with Crippen LogP contribution >= 0.6 is 11.8 Å². The van der Waals surface area contributed by atoms with Gasteiger partial charge in [-0.1, -0.05) is 6.92 Å². The summed E-state index contributed by atoms with van der Waals surface area (Å²) in [6, 6.07) is 2.66. The highest BCUT2D eigenvalue weighted by molar-refractivity contribution is 7.99. The van der Waals surface area contributed by atoms with E-state index < -0.39 is 68.2 Å². The largest absolute Gasteiger partial charge is 0.423 e. The minimum absolute atomic E-state index is 0.0486. The van der Waals surface area contributed by atoms with Gasteiger partial charge in [-0.15, -0.1) is 11.8 Å². The van der Waals surface area contributed by atoms with Crippen LogP contribution in [0.15, 0.2) is 41.3 Å². The van der Waals surface area contributed by atoms with Crippen LogP contribution in [0.25, 0.3) is 0 Å². The molecule has 0 saturated heterocycles. The summed E-state index contributed by atoms with van der Waals surface area (Å²) in [5, 5.41) is 12.9. The van der Waals surface area contributed by atoms with Crippen molar-refractivity contribution in [3.05, 3.63) is 63.2 Å². The highest BCUT2D eigenvalue weighted by Crippen LogP contribution is 2.39. The third-order valence-electron chi connectivity index (χ3n) is 4.27. The first-order valence-corrected chi connectivity index (χ1v) is 9.97. The first-order chi connectivity index (χ1) is 15.4. The van der Waals surface area contributed by atoms with Gasteiger partial charge in [-0.05, 0) is 30.3 Å². The van der Waals surface area contributed by atoms with Crippen LogP contribution in [0.2, 0.25) is 0 Å². The van der Waals surface area contributed by atoms with E-state index in [9.17, 15) is 54.4 Å². The van der Waals surface area contributed by atoms with Gasteiger partial charge < -0.3 is 5.32 Å². The number of halogens is 9.